The molecule has 0 atom stereocenters. The molecular weight excluding hydrogens is 346 g/mol. The highest BCUT2D eigenvalue weighted by atomic mass is 16.5. The number of nitrogens with zero attached hydrogens (tertiary/aromatic N) is 1. The SMILES string of the molecule is COc1ccc2c(=O)c(-c3ccccc3C(=O)N3CCOCC3)coc2c1. The maximum absolute atomic E-state index is 13.0. The molecule has 1 aliphatic rings. The molecule has 2 aromatic carbocycles. The predicted octanol–water partition coefficient (Wildman–Crippen LogP) is 2.94. The van der Waals surface area contributed by atoms with Crippen molar-refractivity contribution in [2.75, 3.05) is 33.4 Å². The molecule has 0 saturated carbocycles. The quantitative estimate of drug-likeness (QED) is 0.714. The van der Waals surface area contributed by atoms with Crippen molar-refractivity contribution < 1.29 is 18.7 Å². The molecule has 1 saturated heterocycles. The molecule has 0 aliphatic carbocycles. The maximum Gasteiger partial charge on any atom is 0.254 e. The van der Waals surface area contributed by atoms with Crippen LogP contribution in [0.5, 0.6) is 5.75 Å². The summed E-state index contributed by atoms with van der Waals surface area (Å²) in [5.74, 6) is 0.504. The highest BCUT2D eigenvalue weighted by molar-refractivity contribution is 6.01. The molecule has 1 fully saturated rings. The molecule has 6 heteroatoms. The minimum Gasteiger partial charge on any atom is -0.497 e. The zero-order chi connectivity index (χ0) is 18.8. The van der Waals surface area contributed by atoms with Crippen LogP contribution in [0.4, 0.5) is 0 Å². The van der Waals surface area contributed by atoms with Crippen LogP contribution >= 0.6 is 0 Å². The second kappa shape index (κ2) is 7.25. The van der Waals surface area contributed by atoms with Crippen molar-refractivity contribution in [2.45, 2.75) is 0 Å². The Balaban J connectivity index is 1.81. The molecule has 2 heterocycles. The Labute approximate surface area is 155 Å². The van der Waals surface area contributed by atoms with Crippen LogP contribution in [0.2, 0.25) is 0 Å². The highest BCUT2D eigenvalue weighted by Crippen LogP contribution is 2.26. The van der Waals surface area contributed by atoms with E-state index in [-0.39, 0.29) is 11.3 Å². The summed E-state index contributed by atoms with van der Waals surface area (Å²) >= 11 is 0. The second-order valence-corrected chi connectivity index (χ2v) is 6.29. The lowest BCUT2D eigenvalue weighted by Crippen LogP contribution is -2.40. The third-order valence-electron chi connectivity index (χ3n) is 4.73. The molecule has 0 unspecified atom stereocenters. The molecule has 1 aromatic heterocycles. The molecule has 4 rings (SSSR count). The fraction of sp³-hybridized carbons (Fsp3) is 0.238. The van der Waals surface area contributed by atoms with E-state index in [1.165, 1.54) is 6.26 Å². The standard InChI is InChI=1S/C21H19NO5/c1-25-14-6-7-17-19(12-14)27-13-18(20(17)23)15-4-2-3-5-16(15)21(24)22-8-10-26-11-9-22/h2-7,12-13H,8-11H2,1H3. The van der Waals surface area contributed by atoms with Crippen molar-refractivity contribution in [3.8, 4) is 16.9 Å². The number of morpholine rings is 1. The van der Waals surface area contributed by atoms with Crippen LogP contribution in [0.1, 0.15) is 10.4 Å². The first-order chi connectivity index (χ1) is 13.2. The number of carbonyl (C=O) groups is 1. The van der Waals surface area contributed by atoms with Crippen LogP contribution in [0.15, 0.2) is 57.9 Å². The third-order valence-corrected chi connectivity index (χ3v) is 4.73. The lowest BCUT2D eigenvalue weighted by molar-refractivity contribution is 0.0303. The Kier molecular flexibility index (Phi) is 4.64. The van der Waals surface area contributed by atoms with E-state index in [1.54, 1.807) is 48.4 Å². The van der Waals surface area contributed by atoms with Crippen molar-refractivity contribution in [2.24, 2.45) is 0 Å². The number of rotatable bonds is 3. The zero-order valence-electron chi connectivity index (χ0n) is 14.9. The fourth-order valence-electron chi connectivity index (χ4n) is 3.26. The Morgan fingerprint density at radius 3 is 2.63 bits per heavy atom. The number of hydrogen-bond donors (Lipinski definition) is 0. The smallest absolute Gasteiger partial charge is 0.254 e. The second-order valence-electron chi connectivity index (χ2n) is 6.29. The molecule has 0 N–H and O–H groups in total. The molecule has 27 heavy (non-hydrogen) atoms. The van der Waals surface area contributed by atoms with E-state index in [0.29, 0.717) is 59.7 Å². The average molecular weight is 365 g/mol. The monoisotopic (exact) mass is 365 g/mol. The molecule has 0 bridgehead atoms. The number of ether oxygens (including phenoxy) is 2. The van der Waals surface area contributed by atoms with Crippen LogP contribution in [0, 0.1) is 0 Å². The normalized spacial score (nSPS) is 14.3. The van der Waals surface area contributed by atoms with E-state index in [2.05, 4.69) is 0 Å². The molecule has 1 aliphatic heterocycles. The van der Waals surface area contributed by atoms with Gasteiger partial charge in [0, 0.05) is 30.3 Å². The number of benzene rings is 2. The van der Waals surface area contributed by atoms with Gasteiger partial charge in [0.2, 0.25) is 5.43 Å². The van der Waals surface area contributed by atoms with Gasteiger partial charge in [0.15, 0.2) is 0 Å². The topological polar surface area (TPSA) is 69.0 Å². The zero-order valence-corrected chi connectivity index (χ0v) is 14.9. The highest BCUT2D eigenvalue weighted by Gasteiger charge is 2.22. The summed E-state index contributed by atoms with van der Waals surface area (Å²) in [6, 6.07) is 12.2. The summed E-state index contributed by atoms with van der Waals surface area (Å²) in [5, 5.41) is 0.446. The number of hydrogen-bond acceptors (Lipinski definition) is 5. The van der Waals surface area contributed by atoms with E-state index in [4.69, 9.17) is 13.9 Å². The summed E-state index contributed by atoms with van der Waals surface area (Å²) in [6.45, 7) is 2.13. The Hall–Kier alpha value is -3.12. The number of amides is 1. The van der Waals surface area contributed by atoms with Gasteiger partial charge in [-0.15, -0.1) is 0 Å². The van der Waals surface area contributed by atoms with Gasteiger partial charge in [-0.25, -0.2) is 0 Å². The van der Waals surface area contributed by atoms with Gasteiger partial charge in [-0.2, -0.15) is 0 Å². The van der Waals surface area contributed by atoms with Gasteiger partial charge < -0.3 is 18.8 Å². The summed E-state index contributed by atoms with van der Waals surface area (Å²) < 4.78 is 16.2. The molecule has 0 radical (unpaired) electrons. The Bertz CT molecular complexity index is 1050. The number of carbonyl (C=O) groups excluding carboxylic acids is 1. The van der Waals surface area contributed by atoms with Crippen LogP contribution < -0.4 is 10.2 Å². The molecule has 0 spiro atoms. The number of fused-ring (bicyclic) bond motifs is 1. The van der Waals surface area contributed by atoms with Gasteiger partial charge >= 0.3 is 0 Å². The minimum absolute atomic E-state index is 0.108. The van der Waals surface area contributed by atoms with Gasteiger partial charge in [0.25, 0.3) is 5.91 Å². The van der Waals surface area contributed by atoms with Crippen molar-refractivity contribution >= 4 is 16.9 Å². The van der Waals surface area contributed by atoms with Crippen molar-refractivity contribution in [3.05, 3.63) is 64.5 Å². The van der Waals surface area contributed by atoms with Gasteiger partial charge in [0.1, 0.15) is 17.6 Å². The van der Waals surface area contributed by atoms with Crippen LogP contribution in [-0.4, -0.2) is 44.2 Å². The predicted molar refractivity (Wildman–Crippen MR) is 101 cm³/mol. The van der Waals surface area contributed by atoms with E-state index in [9.17, 15) is 9.59 Å². The summed E-state index contributed by atoms with van der Waals surface area (Å²) in [7, 11) is 1.56. The van der Waals surface area contributed by atoms with Gasteiger partial charge in [-0.3, -0.25) is 9.59 Å². The minimum atomic E-state index is -0.180. The van der Waals surface area contributed by atoms with E-state index >= 15 is 0 Å². The third kappa shape index (κ3) is 3.19. The first-order valence-corrected chi connectivity index (χ1v) is 8.75. The molecule has 138 valence electrons. The lowest BCUT2D eigenvalue weighted by Gasteiger charge is -2.27. The van der Waals surface area contributed by atoms with Crippen molar-refractivity contribution in [1.82, 2.24) is 4.90 Å². The molecule has 1 amide bonds. The van der Waals surface area contributed by atoms with Crippen molar-refractivity contribution in [1.29, 1.82) is 0 Å². The van der Waals surface area contributed by atoms with Gasteiger partial charge in [-0.1, -0.05) is 18.2 Å². The van der Waals surface area contributed by atoms with Gasteiger partial charge in [-0.05, 0) is 18.2 Å². The summed E-state index contributed by atoms with van der Waals surface area (Å²) in [5.41, 5.74) is 1.69. The molecule has 3 aromatic rings. The average Bonchev–Trinajstić information content (AvgIpc) is 2.74. The first-order valence-electron chi connectivity index (χ1n) is 8.75. The summed E-state index contributed by atoms with van der Waals surface area (Å²) in [4.78, 5) is 27.8. The first kappa shape index (κ1) is 17.3. The molecular formula is C21H19NO5. The molecule has 6 nitrogen and oxygen atoms in total. The number of methoxy groups -OCH3 is 1. The van der Waals surface area contributed by atoms with Crippen LogP contribution in [-0.2, 0) is 4.74 Å². The van der Waals surface area contributed by atoms with E-state index < -0.39 is 0 Å². The van der Waals surface area contributed by atoms with Crippen molar-refractivity contribution in [3.63, 3.8) is 0 Å². The van der Waals surface area contributed by atoms with Crippen LogP contribution in [0.25, 0.3) is 22.1 Å². The maximum atomic E-state index is 13.0. The van der Waals surface area contributed by atoms with E-state index in [0.717, 1.165) is 0 Å². The Morgan fingerprint density at radius 2 is 1.85 bits per heavy atom. The summed E-state index contributed by atoms with van der Waals surface area (Å²) in [6.07, 6.45) is 1.41. The Morgan fingerprint density at radius 1 is 1.07 bits per heavy atom. The van der Waals surface area contributed by atoms with Gasteiger partial charge in [0.05, 0.1) is 31.3 Å². The van der Waals surface area contributed by atoms with Crippen LogP contribution in [0.3, 0.4) is 0 Å². The van der Waals surface area contributed by atoms with E-state index in [1.807, 2.05) is 6.07 Å². The fourth-order valence-corrected chi connectivity index (χ4v) is 3.26. The lowest BCUT2D eigenvalue weighted by atomic mass is 9.99. The largest absolute Gasteiger partial charge is 0.497 e.